The van der Waals surface area contributed by atoms with E-state index >= 15 is 0 Å². The Kier molecular flexibility index (Phi) is 2.82. The molecule has 0 saturated heterocycles. The number of benzene rings is 1. The number of fused-ring (bicyclic) bond motifs is 2. The largest absolute Gasteiger partial charge is 0.369 e. The van der Waals surface area contributed by atoms with Crippen molar-refractivity contribution in [2.45, 2.75) is 25.2 Å². The van der Waals surface area contributed by atoms with Gasteiger partial charge in [0.05, 0.1) is 17.3 Å². The van der Waals surface area contributed by atoms with Gasteiger partial charge in [-0.25, -0.2) is 0 Å². The third kappa shape index (κ3) is 1.88. The van der Waals surface area contributed by atoms with Crippen molar-refractivity contribution in [3.63, 3.8) is 0 Å². The molecule has 3 N–H and O–H groups in total. The van der Waals surface area contributed by atoms with Gasteiger partial charge in [-0.15, -0.1) is 11.3 Å². The molecule has 4 nitrogen and oxygen atoms in total. The highest BCUT2D eigenvalue weighted by Gasteiger charge is 2.29. The van der Waals surface area contributed by atoms with Gasteiger partial charge >= 0.3 is 0 Å². The van der Waals surface area contributed by atoms with Crippen LogP contribution >= 0.6 is 11.3 Å². The standard InChI is InChI=1S/C16H15N3OS/c17-16(20)11-6-3-5-10-14(11)18-19-15(10)12-8-21-13-7-2-1-4-9(12)13/h1-2,4,7-8,11H,3,5-6H2,(H2,17,20)(H,18,19). The van der Waals surface area contributed by atoms with Crippen molar-refractivity contribution in [3.05, 3.63) is 40.9 Å². The first-order valence-corrected chi connectivity index (χ1v) is 7.96. The number of nitrogens with one attached hydrogen (secondary N) is 1. The molecule has 1 amide bonds. The summed E-state index contributed by atoms with van der Waals surface area (Å²) in [5.41, 5.74) is 9.72. The maximum atomic E-state index is 11.6. The number of carbonyl (C=O) groups is 1. The van der Waals surface area contributed by atoms with Crippen LogP contribution in [0.4, 0.5) is 0 Å². The molecule has 1 aliphatic carbocycles. The Morgan fingerprint density at radius 3 is 3.10 bits per heavy atom. The third-order valence-corrected chi connectivity index (χ3v) is 5.21. The summed E-state index contributed by atoms with van der Waals surface area (Å²) < 4.78 is 1.26. The number of hydrogen-bond acceptors (Lipinski definition) is 3. The third-order valence-electron chi connectivity index (χ3n) is 4.25. The van der Waals surface area contributed by atoms with Crippen molar-refractivity contribution in [2.24, 2.45) is 5.73 Å². The molecule has 1 aliphatic rings. The average molecular weight is 297 g/mol. The van der Waals surface area contributed by atoms with Crippen LogP contribution in [0.5, 0.6) is 0 Å². The van der Waals surface area contributed by atoms with Gasteiger partial charge in [0.2, 0.25) is 5.91 Å². The van der Waals surface area contributed by atoms with Crippen molar-refractivity contribution in [1.82, 2.24) is 10.2 Å². The highest BCUT2D eigenvalue weighted by atomic mass is 32.1. The smallest absolute Gasteiger partial charge is 0.226 e. The number of hydrogen-bond donors (Lipinski definition) is 2. The molecule has 106 valence electrons. The molecule has 3 aromatic rings. The highest BCUT2D eigenvalue weighted by molar-refractivity contribution is 7.17. The van der Waals surface area contributed by atoms with Crippen LogP contribution in [0.25, 0.3) is 21.3 Å². The van der Waals surface area contributed by atoms with Gasteiger partial charge in [0, 0.05) is 26.6 Å². The molecule has 0 spiro atoms. The van der Waals surface area contributed by atoms with Gasteiger partial charge in [0.25, 0.3) is 0 Å². The maximum absolute atomic E-state index is 11.6. The molecule has 1 atom stereocenters. The van der Waals surface area contributed by atoms with Crippen molar-refractivity contribution < 1.29 is 4.79 Å². The number of thiophene rings is 1. The number of aromatic nitrogens is 2. The number of primary amides is 1. The summed E-state index contributed by atoms with van der Waals surface area (Å²) in [5.74, 6) is -0.485. The fraction of sp³-hybridized carbons (Fsp3) is 0.250. The topological polar surface area (TPSA) is 71.8 Å². The van der Waals surface area contributed by atoms with Crippen molar-refractivity contribution in [2.75, 3.05) is 0 Å². The van der Waals surface area contributed by atoms with E-state index in [1.165, 1.54) is 10.1 Å². The van der Waals surface area contributed by atoms with Gasteiger partial charge in [0.15, 0.2) is 0 Å². The van der Waals surface area contributed by atoms with E-state index in [-0.39, 0.29) is 11.8 Å². The lowest BCUT2D eigenvalue weighted by Crippen LogP contribution is -2.25. The molecule has 1 aromatic carbocycles. The summed E-state index contributed by atoms with van der Waals surface area (Å²) in [5, 5.41) is 10.9. The summed E-state index contributed by atoms with van der Waals surface area (Å²) in [6, 6.07) is 8.33. The van der Waals surface area contributed by atoms with E-state index in [1.807, 2.05) is 12.1 Å². The zero-order valence-corrected chi connectivity index (χ0v) is 12.2. The van der Waals surface area contributed by atoms with Crippen LogP contribution in [0.2, 0.25) is 0 Å². The SMILES string of the molecule is NC(=O)C1CCCc2c(-c3csc4ccccc34)n[nH]c21. The van der Waals surface area contributed by atoms with Gasteiger partial charge in [-0.2, -0.15) is 5.10 Å². The summed E-state index contributed by atoms with van der Waals surface area (Å²) in [6.45, 7) is 0. The number of aromatic amines is 1. The Morgan fingerprint density at radius 1 is 1.38 bits per heavy atom. The average Bonchev–Trinajstić information content (AvgIpc) is 3.09. The number of nitrogens with zero attached hydrogens (tertiary/aromatic N) is 1. The van der Waals surface area contributed by atoms with E-state index in [0.29, 0.717) is 0 Å². The predicted molar refractivity (Wildman–Crippen MR) is 84.3 cm³/mol. The van der Waals surface area contributed by atoms with Crippen LogP contribution < -0.4 is 5.73 Å². The van der Waals surface area contributed by atoms with Gasteiger partial charge in [-0.3, -0.25) is 9.89 Å². The van der Waals surface area contributed by atoms with Crippen molar-refractivity contribution in [1.29, 1.82) is 0 Å². The Labute approximate surface area is 126 Å². The first-order valence-electron chi connectivity index (χ1n) is 7.09. The molecule has 5 heteroatoms. The fourth-order valence-corrected chi connectivity index (χ4v) is 4.16. The normalized spacial score (nSPS) is 17.8. The summed E-state index contributed by atoms with van der Waals surface area (Å²) >= 11 is 1.72. The number of nitrogens with two attached hydrogens (primary N) is 1. The zero-order chi connectivity index (χ0) is 14.4. The van der Waals surface area contributed by atoms with Crippen molar-refractivity contribution in [3.8, 4) is 11.3 Å². The lowest BCUT2D eigenvalue weighted by molar-refractivity contribution is -0.119. The van der Waals surface area contributed by atoms with Crippen LogP contribution in [0.15, 0.2) is 29.6 Å². The second-order valence-corrected chi connectivity index (χ2v) is 6.37. The minimum atomic E-state index is -0.263. The van der Waals surface area contributed by atoms with Crippen molar-refractivity contribution >= 4 is 27.3 Å². The molecule has 0 bridgehead atoms. The Morgan fingerprint density at radius 2 is 2.24 bits per heavy atom. The van der Waals surface area contributed by atoms with Crippen LogP contribution in [-0.4, -0.2) is 16.1 Å². The monoisotopic (exact) mass is 297 g/mol. The number of carbonyl (C=O) groups excluding carboxylic acids is 1. The summed E-state index contributed by atoms with van der Waals surface area (Å²) in [6.07, 6.45) is 2.75. The van der Waals surface area contributed by atoms with E-state index in [1.54, 1.807) is 11.3 Å². The van der Waals surface area contributed by atoms with Crippen LogP contribution in [-0.2, 0) is 11.2 Å². The second kappa shape index (κ2) is 4.70. The van der Waals surface area contributed by atoms with E-state index in [0.717, 1.165) is 41.8 Å². The summed E-state index contributed by atoms with van der Waals surface area (Å²) in [4.78, 5) is 11.6. The molecule has 0 aliphatic heterocycles. The molecule has 4 rings (SSSR count). The Bertz CT molecular complexity index is 833. The molecule has 0 radical (unpaired) electrons. The van der Waals surface area contributed by atoms with Gasteiger partial charge < -0.3 is 5.73 Å². The number of H-pyrrole nitrogens is 1. The zero-order valence-electron chi connectivity index (χ0n) is 11.4. The molecular weight excluding hydrogens is 282 g/mol. The predicted octanol–water partition coefficient (Wildman–Crippen LogP) is 3.20. The van der Waals surface area contributed by atoms with Crippen LogP contribution in [0.3, 0.4) is 0 Å². The second-order valence-electron chi connectivity index (χ2n) is 5.46. The minimum absolute atomic E-state index is 0.222. The molecule has 1 unspecified atom stereocenters. The first-order chi connectivity index (χ1) is 10.3. The lowest BCUT2D eigenvalue weighted by atomic mass is 9.85. The molecule has 0 saturated carbocycles. The van der Waals surface area contributed by atoms with Gasteiger partial charge in [-0.05, 0) is 25.3 Å². The Hall–Kier alpha value is -2.14. The molecule has 2 aromatic heterocycles. The highest BCUT2D eigenvalue weighted by Crippen LogP contribution is 2.39. The van der Waals surface area contributed by atoms with E-state index in [9.17, 15) is 4.79 Å². The molecule has 0 fully saturated rings. The molecule has 2 heterocycles. The minimum Gasteiger partial charge on any atom is -0.369 e. The quantitative estimate of drug-likeness (QED) is 0.762. The van der Waals surface area contributed by atoms with E-state index in [4.69, 9.17) is 5.73 Å². The van der Waals surface area contributed by atoms with E-state index in [2.05, 4.69) is 27.7 Å². The number of rotatable bonds is 2. The maximum Gasteiger partial charge on any atom is 0.226 e. The first kappa shape index (κ1) is 12.6. The summed E-state index contributed by atoms with van der Waals surface area (Å²) in [7, 11) is 0. The molecule has 21 heavy (non-hydrogen) atoms. The Balaban J connectivity index is 1.89. The lowest BCUT2D eigenvalue weighted by Gasteiger charge is -2.19. The van der Waals surface area contributed by atoms with Crippen LogP contribution in [0.1, 0.15) is 30.0 Å². The molecular formula is C16H15N3OS. The van der Waals surface area contributed by atoms with Crippen LogP contribution in [0, 0.1) is 0 Å². The number of amides is 1. The van der Waals surface area contributed by atoms with E-state index < -0.39 is 0 Å². The van der Waals surface area contributed by atoms with Gasteiger partial charge in [-0.1, -0.05) is 18.2 Å². The van der Waals surface area contributed by atoms with Gasteiger partial charge in [0.1, 0.15) is 0 Å². The fourth-order valence-electron chi connectivity index (χ4n) is 3.22.